The second kappa shape index (κ2) is 22.6. The van der Waals surface area contributed by atoms with Crippen LogP contribution in [0.1, 0.15) is 63.8 Å². The molecule has 1 aliphatic heterocycles. The molecule has 0 bridgehead atoms. The van der Waals surface area contributed by atoms with Crippen LogP contribution in [-0.2, 0) is 40.1 Å². The number of rotatable bonds is 19. The minimum absolute atomic E-state index is 0.00451. The number of halogens is 5. The monoisotopic (exact) mass is 892 g/mol. The molecule has 3 aromatic rings. The summed E-state index contributed by atoms with van der Waals surface area (Å²) < 4.78 is 62.9. The van der Waals surface area contributed by atoms with E-state index in [1.54, 1.807) is 12.3 Å². The van der Waals surface area contributed by atoms with Crippen LogP contribution in [0, 0.1) is 17.0 Å². The highest BCUT2D eigenvalue weighted by molar-refractivity contribution is 6.14. The van der Waals surface area contributed by atoms with Gasteiger partial charge in [-0.25, -0.2) is 18.4 Å². The van der Waals surface area contributed by atoms with Gasteiger partial charge >= 0.3 is 18.1 Å². The van der Waals surface area contributed by atoms with E-state index in [1.165, 1.54) is 4.90 Å². The maximum atomic E-state index is 15.0. The van der Waals surface area contributed by atoms with Crippen LogP contribution >= 0.6 is 0 Å². The Morgan fingerprint density at radius 3 is 2.06 bits per heavy atom. The first-order valence-corrected chi connectivity index (χ1v) is 19.4. The lowest BCUT2D eigenvalue weighted by Gasteiger charge is -2.41. The summed E-state index contributed by atoms with van der Waals surface area (Å²) in [6.45, 7) is 4.64. The van der Waals surface area contributed by atoms with Crippen molar-refractivity contribution in [2.24, 2.45) is 11.1 Å². The Balaban J connectivity index is 0.00000139. The molecule has 0 aliphatic carbocycles. The lowest BCUT2D eigenvalue weighted by atomic mass is 9.82. The van der Waals surface area contributed by atoms with Crippen LogP contribution in [0.4, 0.5) is 22.0 Å². The topological polar surface area (TPSA) is 242 Å². The first kappa shape index (κ1) is 50.9. The number of carboxylic acids is 2. The lowest BCUT2D eigenvalue weighted by Crippen LogP contribution is -2.50. The SMILES string of the molecule is CC(C)(C)C(c1cc(-c2cc(F)ccc2F)cn1Cc1ccccc1)N(CC[C@H](N)C(=O)NC(CCCCNC(=O)CN1C(=O)C=CC1=O)C(=O)O)C(=O)CO.O=C(O)C(F)(F)F. The summed E-state index contributed by atoms with van der Waals surface area (Å²) >= 11 is 0. The quantitative estimate of drug-likeness (QED) is 0.0578. The largest absolute Gasteiger partial charge is 0.490 e. The minimum atomic E-state index is -5.08. The van der Waals surface area contributed by atoms with Crippen molar-refractivity contribution >= 4 is 41.5 Å². The van der Waals surface area contributed by atoms with E-state index in [-0.39, 0.29) is 37.9 Å². The van der Waals surface area contributed by atoms with Crippen molar-refractivity contribution in [2.45, 2.75) is 77.3 Å². The molecule has 16 nitrogen and oxygen atoms in total. The van der Waals surface area contributed by atoms with Crippen LogP contribution in [0.5, 0.6) is 0 Å². The molecule has 1 aliphatic rings. The number of nitrogens with zero attached hydrogens (tertiary/aromatic N) is 3. The van der Waals surface area contributed by atoms with Gasteiger partial charge in [-0.2, -0.15) is 13.2 Å². The zero-order chi connectivity index (χ0) is 47.2. The summed E-state index contributed by atoms with van der Waals surface area (Å²) in [5, 5.41) is 32.0. The molecule has 3 atom stereocenters. The Morgan fingerprint density at radius 2 is 1.51 bits per heavy atom. The molecule has 21 heteroatoms. The van der Waals surface area contributed by atoms with Gasteiger partial charge in [0.1, 0.15) is 30.8 Å². The average Bonchev–Trinajstić information content (AvgIpc) is 3.76. The molecule has 0 fully saturated rings. The Labute approximate surface area is 358 Å². The average molecular weight is 893 g/mol. The second-order valence-corrected chi connectivity index (χ2v) is 15.4. The predicted molar refractivity (Wildman–Crippen MR) is 215 cm³/mol. The van der Waals surface area contributed by atoms with Crippen LogP contribution in [-0.4, -0.2) is 116 Å². The summed E-state index contributed by atoms with van der Waals surface area (Å²) in [5.74, 6) is -8.52. The fourth-order valence-electron chi connectivity index (χ4n) is 6.53. The summed E-state index contributed by atoms with van der Waals surface area (Å²) in [4.78, 5) is 85.1. The highest BCUT2D eigenvalue weighted by atomic mass is 19.4. The van der Waals surface area contributed by atoms with Crippen LogP contribution in [0.25, 0.3) is 11.1 Å². The number of hydrogen-bond donors (Lipinski definition) is 6. The normalized spacial score (nSPS) is 14.0. The van der Waals surface area contributed by atoms with Gasteiger partial charge in [0.25, 0.3) is 11.8 Å². The molecule has 2 unspecified atom stereocenters. The first-order chi connectivity index (χ1) is 29.4. The third kappa shape index (κ3) is 15.1. The van der Waals surface area contributed by atoms with E-state index in [0.717, 1.165) is 40.8 Å². The molecule has 5 amide bonds. The number of nitrogens with two attached hydrogens (primary N) is 1. The van der Waals surface area contributed by atoms with Gasteiger partial charge in [0.05, 0.1) is 12.1 Å². The molecular formula is C42H49F5N6O10. The zero-order valence-electron chi connectivity index (χ0n) is 34.5. The van der Waals surface area contributed by atoms with Gasteiger partial charge in [-0.3, -0.25) is 28.9 Å². The number of alkyl halides is 3. The molecule has 1 aromatic heterocycles. The number of aliphatic hydroxyl groups excluding tert-OH is 1. The summed E-state index contributed by atoms with van der Waals surface area (Å²) in [6.07, 6.45) is -0.766. The second-order valence-electron chi connectivity index (χ2n) is 15.4. The molecule has 342 valence electrons. The summed E-state index contributed by atoms with van der Waals surface area (Å²) in [7, 11) is 0. The van der Waals surface area contributed by atoms with Crippen LogP contribution in [0.3, 0.4) is 0 Å². The smallest absolute Gasteiger partial charge is 0.480 e. The predicted octanol–water partition coefficient (Wildman–Crippen LogP) is 3.52. The van der Waals surface area contributed by atoms with Crippen molar-refractivity contribution in [3.8, 4) is 11.1 Å². The molecule has 4 rings (SSSR count). The third-order valence-electron chi connectivity index (χ3n) is 9.55. The van der Waals surface area contributed by atoms with E-state index in [1.807, 2.05) is 55.7 Å². The first-order valence-electron chi connectivity index (χ1n) is 19.4. The Bertz CT molecular complexity index is 2140. The van der Waals surface area contributed by atoms with Gasteiger partial charge < -0.3 is 41.2 Å². The number of benzene rings is 2. The molecule has 0 saturated heterocycles. The highest BCUT2D eigenvalue weighted by Crippen LogP contribution is 2.41. The van der Waals surface area contributed by atoms with Gasteiger partial charge in [0.15, 0.2) is 0 Å². The maximum absolute atomic E-state index is 15.0. The van der Waals surface area contributed by atoms with Crippen LogP contribution in [0.2, 0.25) is 0 Å². The summed E-state index contributed by atoms with van der Waals surface area (Å²) in [6, 6.07) is 10.9. The standard InChI is InChI=1S/C40H48F2N6O8.C2HF3O2/c1-40(2,3)37(32-19-26(28-20-27(41)12-13-29(28)42)22-46(32)21-25-9-5-4-6-10-25)47(36(53)24-49)18-16-30(43)38(54)45-31(39(55)56)11-7-8-17-44-33(50)23-48-34(51)14-15-35(48)52;3-2(4,5)1(6)7/h4-6,9-10,12-15,19-20,22,30-31,37,49H,7-8,11,16-18,21,23-24,43H2,1-3H3,(H,44,50)(H,45,54)(H,55,56);(H,6,7)/t30-,31?,37?;/m0./s1. The van der Waals surface area contributed by atoms with E-state index in [2.05, 4.69) is 10.6 Å². The Hall–Kier alpha value is -6.48. The lowest BCUT2D eigenvalue weighted by molar-refractivity contribution is -0.192. The number of hydrogen-bond acceptors (Lipinski definition) is 9. The van der Waals surface area contributed by atoms with Gasteiger partial charge in [0.2, 0.25) is 17.7 Å². The maximum Gasteiger partial charge on any atom is 0.490 e. The van der Waals surface area contributed by atoms with Gasteiger partial charge in [0, 0.05) is 54.8 Å². The van der Waals surface area contributed by atoms with Gasteiger partial charge in [-0.05, 0) is 60.9 Å². The Morgan fingerprint density at radius 1 is 0.889 bits per heavy atom. The highest BCUT2D eigenvalue weighted by Gasteiger charge is 2.39. The van der Waals surface area contributed by atoms with E-state index < -0.39 is 96.0 Å². The van der Waals surface area contributed by atoms with Crippen LogP contribution < -0.4 is 16.4 Å². The van der Waals surface area contributed by atoms with Crippen molar-refractivity contribution in [3.63, 3.8) is 0 Å². The van der Waals surface area contributed by atoms with Crippen molar-refractivity contribution in [1.29, 1.82) is 0 Å². The fourth-order valence-corrected chi connectivity index (χ4v) is 6.53. The number of carboxylic acid groups (broad SMARTS) is 2. The molecule has 0 saturated carbocycles. The molecule has 0 radical (unpaired) electrons. The molecule has 2 aromatic carbocycles. The number of aliphatic hydroxyl groups is 1. The molecular weight excluding hydrogens is 843 g/mol. The third-order valence-corrected chi connectivity index (χ3v) is 9.55. The van der Waals surface area contributed by atoms with Crippen molar-refractivity contribution < 1.29 is 70.8 Å². The van der Waals surface area contributed by atoms with E-state index in [9.17, 15) is 56.5 Å². The number of aliphatic carboxylic acids is 2. The molecule has 63 heavy (non-hydrogen) atoms. The fraction of sp³-hybridized carbons (Fsp3) is 0.405. The van der Waals surface area contributed by atoms with Crippen molar-refractivity contribution in [3.05, 3.63) is 95.8 Å². The van der Waals surface area contributed by atoms with Gasteiger partial charge in [-0.1, -0.05) is 51.1 Å². The molecule has 0 spiro atoms. The number of aromatic nitrogens is 1. The van der Waals surface area contributed by atoms with Crippen molar-refractivity contribution in [1.82, 2.24) is 25.0 Å². The number of nitrogens with one attached hydrogen (secondary N) is 2. The van der Waals surface area contributed by atoms with E-state index >= 15 is 4.39 Å². The van der Waals surface area contributed by atoms with Crippen LogP contribution in [0.15, 0.2) is 72.9 Å². The van der Waals surface area contributed by atoms with Gasteiger partial charge in [-0.15, -0.1) is 0 Å². The number of unbranched alkanes of at least 4 members (excludes halogenated alkanes) is 1. The van der Waals surface area contributed by atoms with E-state index in [0.29, 0.717) is 24.2 Å². The number of carbonyl (C=O) groups is 7. The minimum Gasteiger partial charge on any atom is -0.480 e. The zero-order valence-corrected chi connectivity index (χ0v) is 34.5. The molecule has 7 N–H and O–H groups in total. The number of amides is 5. The van der Waals surface area contributed by atoms with E-state index in [4.69, 9.17) is 15.6 Å². The Kier molecular flexibility index (Phi) is 18.2. The molecule has 2 heterocycles. The number of imide groups is 1. The van der Waals surface area contributed by atoms with Crippen molar-refractivity contribution in [2.75, 3.05) is 26.2 Å². The summed E-state index contributed by atoms with van der Waals surface area (Å²) in [5.41, 5.74) is 7.37. The number of carbonyl (C=O) groups excluding carboxylic acids is 5.